The van der Waals surface area contributed by atoms with Crippen LogP contribution >= 0.6 is 11.8 Å². The molecule has 1 aromatic rings. The minimum Gasteiger partial charge on any atom is -0.480 e. The lowest BCUT2D eigenvalue weighted by molar-refractivity contribution is -0.145. The Morgan fingerprint density at radius 1 is 1.18 bits per heavy atom. The molecule has 1 heterocycles. The topological polar surface area (TPSA) is 142 Å². The molecule has 3 amide bonds. The molecule has 4 unspecified atom stereocenters. The molecular weight excluding hydrogens is 456 g/mol. The first-order valence-corrected chi connectivity index (χ1v) is 13.0. The predicted molar refractivity (Wildman–Crippen MR) is 132 cm³/mol. The lowest BCUT2D eigenvalue weighted by Crippen LogP contribution is -2.58. The second-order valence-electron chi connectivity index (χ2n) is 8.90. The highest BCUT2D eigenvalue weighted by Gasteiger charge is 2.40. The smallest absolute Gasteiger partial charge is 0.326 e. The number of nitrogens with zero attached hydrogens (tertiary/aromatic N) is 1. The summed E-state index contributed by atoms with van der Waals surface area (Å²) < 4.78 is 0. The quantitative estimate of drug-likeness (QED) is 0.341. The van der Waals surface area contributed by atoms with E-state index in [-0.39, 0.29) is 18.2 Å². The second-order valence-corrected chi connectivity index (χ2v) is 9.88. The third-order valence-electron chi connectivity index (χ3n) is 5.94. The van der Waals surface area contributed by atoms with Gasteiger partial charge < -0.3 is 26.4 Å². The number of carboxylic acids is 1. The van der Waals surface area contributed by atoms with Crippen molar-refractivity contribution in [2.75, 3.05) is 18.6 Å². The van der Waals surface area contributed by atoms with Crippen molar-refractivity contribution in [2.45, 2.75) is 63.7 Å². The molecule has 0 saturated carbocycles. The SMILES string of the molecule is CSCCC(N)C(=O)NC(C(=O)N1CCCC1C(=O)NC(Cc1ccccc1)C(=O)O)C(C)C. The monoisotopic (exact) mass is 492 g/mol. The normalized spacial score (nSPS) is 18.3. The van der Waals surface area contributed by atoms with Crippen molar-refractivity contribution in [3.05, 3.63) is 35.9 Å². The van der Waals surface area contributed by atoms with E-state index in [1.165, 1.54) is 4.90 Å². The Kier molecular flexibility index (Phi) is 10.8. The van der Waals surface area contributed by atoms with Crippen LogP contribution in [0.25, 0.3) is 0 Å². The van der Waals surface area contributed by atoms with E-state index in [2.05, 4.69) is 10.6 Å². The zero-order valence-electron chi connectivity index (χ0n) is 20.0. The molecule has 34 heavy (non-hydrogen) atoms. The minimum absolute atomic E-state index is 0.140. The summed E-state index contributed by atoms with van der Waals surface area (Å²) in [5, 5.41) is 15.0. The van der Waals surface area contributed by atoms with Gasteiger partial charge in [0.05, 0.1) is 6.04 Å². The van der Waals surface area contributed by atoms with Crippen molar-refractivity contribution in [2.24, 2.45) is 11.7 Å². The summed E-state index contributed by atoms with van der Waals surface area (Å²) in [5.41, 5.74) is 6.74. The van der Waals surface area contributed by atoms with Crippen LogP contribution in [0.15, 0.2) is 30.3 Å². The van der Waals surface area contributed by atoms with Gasteiger partial charge in [-0.2, -0.15) is 11.8 Å². The number of carboxylic acid groups (broad SMARTS) is 1. The molecule has 188 valence electrons. The molecule has 2 rings (SSSR count). The van der Waals surface area contributed by atoms with E-state index in [1.807, 2.05) is 26.2 Å². The van der Waals surface area contributed by atoms with Gasteiger partial charge in [-0.3, -0.25) is 14.4 Å². The summed E-state index contributed by atoms with van der Waals surface area (Å²) in [6, 6.07) is 5.62. The molecule has 1 aliphatic rings. The van der Waals surface area contributed by atoms with Gasteiger partial charge in [0.25, 0.3) is 0 Å². The van der Waals surface area contributed by atoms with Crippen molar-refractivity contribution < 1.29 is 24.3 Å². The molecule has 0 bridgehead atoms. The molecule has 10 heteroatoms. The number of nitrogens with one attached hydrogen (secondary N) is 2. The van der Waals surface area contributed by atoms with Crippen LogP contribution < -0.4 is 16.4 Å². The summed E-state index contributed by atoms with van der Waals surface area (Å²) in [6.07, 6.45) is 3.62. The molecule has 9 nitrogen and oxygen atoms in total. The minimum atomic E-state index is -1.14. The van der Waals surface area contributed by atoms with Crippen LogP contribution in [-0.4, -0.2) is 76.4 Å². The van der Waals surface area contributed by atoms with E-state index < -0.39 is 42.0 Å². The van der Waals surface area contributed by atoms with Crippen molar-refractivity contribution in [1.29, 1.82) is 0 Å². The number of amides is 3. The zero-order valence-corrected chi connectivity index (χ0v) is 20.8. The van der Waals surface area contributed by atoms with Crippen molar-refractivity contribution in [1.82, 2.24) is 15.5 Å². The maximum atomic E-state index is 13.4. The molecule has 1 fully saturated rings. The number of benzene rings is 1. The average Bonchev–Trinajstić information content (AvgIpc) is 3.30. The van der Waals surface area contributed by atoms with Gasteiger partial charge in [-0.05, 0) is 42.8 Å². The fourth-order valence-corrected chi connectivity index (χ4v) is 4.44. The van der Waals surface area contributed by atoms with Crippen LogP contribution in [0.5, 0.6) is 0 Å². The standard InChI is InChI=1S/C24H36N4O5S/c1-15(2)20(27-21(29)17(25)11-13-34-3)23(31)28-12-7-10-19(28)22(30)26-18(24(32)33)14-16-8-5-4-6-9-16/h4-6,8-9,15,17-20H,7,10-14,25H2,1-3H3,(H,26,30)(H,27,29)(H,32,33). The maximum Gasteiger partial charge on any atom is 0.326 e. The number of thioether (sulfide) groups is 1. The Morgan fingerprint density at radius 3 is 2.44 bits per heavy atom. The van der Waals surface area contributed by atoms with Gasteiger partial charge in [0, 0.05) is 13.0 Å². The Hall–Kier alpha value is -2.59. The lowest BCUT2D eigenvalue weighted by Gasteiger charge is -2.31. The Morgan fingerprint density at radius 2 is 1.85 bits per heavy atom. The molecule has 1 saturated heterocycles. The van der Waals surface area contributed by atoms with E-state index in [0.29, 0.717) is 25.8 Å². The first kappa shape index (κ1) is 27.7. The molecule has 1 aliphatic heterocycles. The maximum absolute atomic E-state index is 13.4. The van der Waals surface area contributed by atoms with Crippen molar-refractivity contribution in [3.8, 4) is 0 Å². The Labute approximate surface area is 205 Å². The fraction of sp³-hybridized carbons (Fsp3) is 0.583. The van der Waals surface area contributed by atoms with Gasteiger partial charge in [0.2, 0.25) is 17.7 Å². The zero-order chi connectivity index (χ0) is 25.3. The van der Waals surface area contributed by atoms with Gasteiger partial charge in [0.1, 0.15) is 18.1 Å². The van der Waals surface area contributed by atoms with Crippen LogP contribution in [-0.2, 0) is 25.6 Å². The van der Waals surface area contributed by atoms with Crippen LogP contribution in [0.4, 0.5) is 0 Å². The van der Waals surface area contributed by atoms with Gasteiger partial charge in [-0.25, -0.2) is 4.79 Å². The molecule has 0 aromatic heterocycles. The van der Waals surface area contributed by atoms with Crippen LogP contribution in [0.1, 0.15) is 38.7 Å². The number of hydrogen-bond donors (Lipinski definition) is 4. The van der Waals surface area contributed by atoms with Gasteiger partial charge in [0.15, 0.2) is 0 Å². The number of carbonyl (C=O) groups is 4. The van der Waals surface area contributed by atoms with Gasteiger partial charge >= 0.3 is 5.97 Å². The first-order chi connectivity index (χ1) is 16.1. The number of carbonyl (C=O) groups excluding carboxylic acids is 3. The van der Waals surface area contributed by atoms with Crippen LogP contribution in [0.2, 0.25) is 0 Å². The molecule has 4 atom stereocenters. The molecule has 5 N–H and O–H groups in total. The van der Waals surface area contributed by atoms with E-state index in [9.17, 15) is 24.3 Å². The van der Waals surface area contributed by atoms with Gasteiger partial charge in [-0.15, -0.1) is 0 Å². The molecule has 0 aliphatic carbocycles. The Balaban J connectivity index is 2.08. The van der Waals surface area contributed by atoms with Crippen molar-refractivity contribution >= 4 is 35.5 Å². The molecule has 0 spiro atoms. The highest BCUT2D eigenvalue weighted by Crippen LogP contribution is 2.21. The van der Waals surface area contributed by atoms with E-state index in [4.69, 9.17) is 5.73 Å². The summed E-state index contributed by atoms with van der Waals surface area (Å²) >= 11 is 1.59. The number of likely N-dealkylation sites (tertiary alicyclic amines) is 1. The van der Waals surface area contributed by atoms with E-state index in [1.54, 1.807) is 36.0 Å². The first-order valence-electron chi connectivity index (χ1n) is 11.6. The number of nitrogens with two attached hydrogens (primary N) is 1. The fourth-order valence-electron chi connectivity index (χ4n) is 3.95. The average molecular weight is 493 g/mol. The molecular formula is C24H36N4O5S. The van der Waals surface area contributed by atoms with Crippen molar-refractivity contribution in [3.63, 3.8) is 0 Å². The van der Waals surface area contributed by atoms with Crippen LogP contribution in [0.3, 0.4) is 0 Å². The summed E-state index contributed by atoms with van der Waals surface area (Å²) in [4.78, 5) is 52.1. The van der Waals surface area contributed by atoms with Gasteiger partial charge in [-0.1, -0.05) is 44.2 Å². The lowest BCUT2D eigenvalue weighted by atomic mass is 10.0. The number of aliphatic carboxylic acids is 1. The summed E-state index contributed by atoms with van der Waals surface area (Å²) in [6.45, 7) is 4.01. The van der Waals surface area contributed by atoms with Crippen LogP contribution in [0, 0.1) is 5.92 Å². The summed E-state index contributed by atoms with van der Waals surface area (Å²) in [5.74, 6) is -1.86. The predicted octanol–water partition coefficient (Wildman–Crippen LogP) is 1.01. The summed E-state index contributed by atoms with van der Waals surface area (Å²) in [7, 11) is 0. The van der Waals surface area contributed by atoms with E-state index >= 15 is 0 Å². The highest BCUT2D eigenvalue weighted by atomic mass is 32.2. The third-order valence-corrected chi connectivity index (χ3v) is 6.58. The number of rotatable bonds is 12. The highest BCUT2D eigenvalue weighted by molar-refractivity contribution is 7.98. The van der Waals surface area contributed by atoms with E-state index in [0.717, 1.165) is 11.3 Å². The third kappa shape index (κ3) is 7.73. The second kappa shape index (κ2) is 13.3. The molecule has 1 aromatic carbocycles. The molecule has 0 radical (unpaired) electrons. The number of hydrogen-bond acceptors (Lipinski definition) is 6. The largest absolute Gasteiger partial charge is 0.480 e. The Bertz CT molecular complexity index is 851.